The molecule has 1 heterocycles. The fourth-order valence-corrected chi connectivity index (χ4v) is 5.09. The standard InChI is InChI=1S/C33H34BrN5O8/c1-5-45-26-13-22(30-29(32(41)44-4)19(2)37-33(42)38-30)10-11-25(26)46-18-28(40)39-36-16-23-12-24(34)14-27(43-3)31(23)47-17-21-8-6-20(15-35)7-9-21/h6-14,16,28,30,39-40H,5,17-18H2,1-4H3,(H2,37,38,42)/b36-16+/t28-,30-/m1/s1. The van der Waals surface area contributed by atoms with Crippen molar-refractivity contribution < 1.29 is 38.4 Å². The second-order valence-corrected chi connectivity index (χ2v) is 11.0. The van der Waals surface area contributed by atoms with Gasteiger partial charge in [-0.25, -0.2) is 9.59 Å². The van der Waals surface area contributed by atoms with Crippen molar-refractivity contribution in [2.45, 2.75) is 32.7 Å². The van der Waals surface area contributed by atoms with E-state index in [1.54, 1.807) is 56.3 Å². The summed E-state index contributed by atoms with van der Waals surface area (Å²) in [5.74, 6) is 0.998. The molecule has 2 atom stereocenters. The fraction of sp³-hybridized carbons (Fsp3) is 0.273. The highest BCUT2D eigenvalue weighted by Gasteiger charge is 2.32. The van der Waals surface area contributed by atoms with E-state index in [2.05, 4.69) is 43.2 Å². The molecule has 0 bridgehead atoms. The Kier molecular flexibility index (Phi) is 12.0. The summed E-state index contributed by atoms with van der Waals surface area (Å²) in [5.41, 5.74) is 5.81. The zero-order chi connectivity index (χ0) is 33.9. The maximum Gasteiger partial charge on any atom is 0.337 e. The number of nitrogens with one attached hydrogen (secondary N) is 3. The predicted octanol–water partition coefficient (Wildman–Crippen LogP) is 4.43. The molecule has 0 aliphatic carbocycles. The molecular weight excluding hydrogens is 674 g/mol. The van der Waals surface area contributed by atoms with Gasteiger partial charge in [0.05, 0.1) is 50.3 Å². The number of methoxy groups -OCH3 is 2. The Bertz CT molecular complexity index is 1700. The number of hydrogen-bond donors (Lipinski definition) is 4. The van der Waals surface area contributed by atoms with Gasteiger partial charge in [-0.2, -0.15) is 10.4 Å². The number of aliphatic hydroxyl groups excluding tert-OH is 1. The van der Waals surface area contributed by atoms with Crippen molar-refractivity contribution in [3.8, 4) is 29.1 Å². The molecule has 246 valence electrons. The number of hydrazone groups is 1. The van der Waals surface area contributed by atoms with Gasteiger partial charge < -0.3 is 39.4 Å². The summed E-state index contributed by atoms with van der Waals surface area (Å²) in [5, 5.41) is 29.1. The van der Waals surface area contributed by atoms with Gasteiger partial charge in [-0.3, -0.25) is 5.43 Å². The number of nitrogens with zero attached hydrogens (tertiary/aromatic N) is 2. The Balaban J connectivity index is 1.44. The van der Waals surface area contributed by atoms with Crippen LogP contribution in [0.15, 0.2) is 75.4 Å². The molecule has 13 nitrogen and oxygen atoms in total. The Morgan fingerprint density at radius 2 is 1.87 bits per heavy atom. The fourth-order valence-electron chi connectivity index (χ4n) is 4.64. The van der Waals surface area contributed by atoms with Crippen LogP contribution in [0.3, 0.4) is 0 Å². The molecule has 4 rings (SSSR count). The normalized spacial score (nSPS) is 14.8. The summed E-state index contributed by atoms with van der Waals surface area (Å²) >= 11 is 3.46. The van der Waals surface area contributed by atoms with E-state index >= 15 is 0 Å². The number of urea groups is 1. The van der Waals surface area contributed by atoms with Crippen molar-refractivity contribution in [2.24, 2.45) is 5.10 Å². The minimum atomic E-state index is -1.21. The van der Waals surface area contributed by atoms with E-state index in [1.165, 1.54) is 20.4 Å². The number of nitriles is 1. The molecule has 0 fully saturated rings. The van der Waals surface area contributed by atoms with Crippen LogP contribution in [-0.4, -0.2) is 57.0 Å². The lowest BCUT2D eigenvalue weighted by molar-refractivity contribution is -0.136. The van der Waals surface area contributed by atoms with Crippen LogP contribution >= 0.6 is 15.9 Å². The van der Waals surface area contributed by atoms with E-state index in [1.807, 2.05) is 12.1 Å². The largest absolute Gasteiger partial charge is 0.493 e. The molecule has 1 aliphatic rings. The number of carbonyl (C=O) groups is 2. The third kappa shape index (κ3) is 8.93. The maximum absolute atomic E-state index is 12.5. The van der Waals surface area contributed by atoms with Gasteiger partial charge in [0.2, 0.25) is 0 Å². The van der Waals surface area contributed by atoms with Crippen LogP contribution in [0.25, 0.3) is 0 Å². The lowest BCUT2D eigenvalue weighted by Crippen LogP contribution is -2.45. The molecule has 3 aromatic carbocycles. The Morgan fingerprint density at radius 1 is 1.11 bits per heavy atom. The van der Waals surface area contributed by atoms with Crippen LogP contribution in [0.5, 0.6) is 23.0 Å². The van der Waals surface area contributed by atoms with Crippen molar-refractivity contribution in [1.82, 2.24) is 16.1 Å². The minimum absolute atomic E-state index is 0.197. The smallest absolute Gasteiger partial charge is 0.337 e. The molecule has 2 amide bonds. The highest BCUT2D eigenvalue weighted by Crippen LogP contribution is 2.36. The highest BCUT2D eigenvalue weighted by molar-refractivity contribution is 9.10. The first kappa shape index (κ1) is 34.6. The lowest BCUT2D eigenvalue weighted by Gasteiger charge is -2.28. The molecule has 0 saturated carbocycles. The maximum atomic E-state index is 12.5. The van der Waals surface area contributed by atoms with Gasteiger partial charge in [-0.1, -0.05) is 34.1 Å². The van der Waals surface area contributed by atoms with Crippen molar-refractivity contribution in [1.29, 1.82) is 5.26 Å². The van der Waals surface area contributed by atoms with E-state index < -0.39 is 24.3 Å². The zero-order valence-corrected chi connectivity index (χ0v) is 27.7. The van der Waals surface area contributed by atoms with Crippen LogP contribution in [0.1, 0.15) is 42.1 Å². The van der Waals surface area contributed by atoms with Gasteiger partial charge >= 0.3 is 12.0 Å². The predicted molar refractivity (Wildman–Crippen MR) is 175 cm³/mol. The number of esters is 1. The molecular formula is C33H34BrN5O8. The number of carbonyl (C=O) groups excluding carboxylic acids is 2. The van der Waals surface area contributed by atoms with Gasteiger partial charge in [-0.05, 0) is 61.4 Å². The topological polar surface area (TPSA) is 173 Å². The van der Waals surface area contributed by atoms with E-state index in [9.17, 15) is 14.7 Å². The van der Waals surface area contributed by atoms with Crippen molar-refractivity contribution in [2.75, 3.05) is 27.4 Å². The summed E-state index contributed by atoms with van der Waals surface area (Å²) in [4.78, 5) is 24.7. The second kappa shape index (κ2) is 16.3. The monoisotopic (exact) mass is 707 g/mol. The Hall–Kier alpha value is -5.26. The molecule has 3 aromatic rings. The van der Waals surface area contributed by atoms with Crippen LogP contribution in [0.2, 0.25) is 0 Å². The Morgan fingerprint density at radius 3 is 2.55 bits per heavy atom. The zero-order valence-electron chi connectivity index (χ0n) is 26.1. The SMILES string of the molecule is CCOc1cc([C@H]2NC(=O)NC(C)=C2C(=O)OC)ccc1OC[C@@H](O)N/N=C/c1cc(Br)cc(OC)c1OCc1ccc(C#N)cc1. The third-order valence-electron chi connectivity index (χ3n) is 6.83. The average Bonchev–Trinajstić information content (AvgIpc) is 3.06. The van der Waals surface area contributed by atoms with Gasteiger partial charge in [0.15, 0.2) is 29.2 Å². The van der Waals surface area contributed by atoms with Crippen LogP contribution in [0.4, 0.5) is 4.79 Å². The summed E-state index contributed by atoms with van der Waals surface area (Å²) in [6.45, 7) is 3.76. The van der Waals surface area contributed by atoms with Gasteiger partial charge in [-0.15, -0.1) is 0 Å². The average molecular weight is 709 g/mol. The summed E-state index contributed by atoms with van der Waals surface area (Å²) in [6.07, 6.45) is 0.268. The van der Waals surface area contributed by atoms with Crippen LogP contribution in [0, 0.1) is 11.3 Å². The van der Waals surface area contributed by atoms with Crippen LogP contribution in [-0.2, 0) is 16.1 Å². The number of allylic oxidation sites excluding steroid dienone is 1. The Labute approximate surface area is 280 Å². The number of rotatable bonds is 14. The molecule has 47 heavy (non-hydrogen) atoms. The first-order valence-corrected chi connectivity index (χ1v) is 15.2. The number of amides is 2. The summed E-state index contributed by atoms with van der Waals surface area (Å²) in [7, 11) is 2.79. The molecule has 0 radical (unpaired) electrons. The van der Waals surface area contributed by atoms with E-state index in [0.29, 0.717) is 52.0 Å². The first-order chi connectivity index (χ1) is 22.7. The number of benzene rings is 3. The van der Waals surface area contributed by atoms with Crippen molar-refractivity contribution >= 4 is 34.1 Å². The van der Waals surface area contributed by atoms with Gasteiger partial charge in [0, 0.05) is 15.7 Å². The lowest BCUT2D eigenvalue weighted by atomic mass is 9.95. The molecule has 4 N–H and O–H groups in total. The minimum Gasteiger partial charge on any atom is -0.493 e. The number of ether oxygens (including phenoxy) is 5. The number of aliphatic hydroxyl groups is 1. The molecule has 0 saturated heterocycles. The highest BCUT2D eigenvalue weighted by atomic mass is 79.9. The second-order valence-electron chi connectivity index (χ2n) is 10.0. The molecule has 1 aliphatic heterocycles. The molecule has 0 aromatic heterocycles. The quantitative estimate of drug-likeness (QED) is 0.0813. The van der Waals surface area contributed by atoms with Crippen LogP contribution < -0.4 is 35.0 Å². The van der Waals surface area contributed by atoms with Crippen molar-refractivity contribution in [3.63, 3.8) is 0 Å². The first-order valence-electron chi connectivity index (χ1n) is 14.4. The van der Waals surface area contributed by atoms with E-state index in [-0.39, 0.29) is 18.8 Å². The van der Waals surface area contributed by atoms with E-state index in [0.717, 1.165) is 10.0 Å². The third-order valence-corrected chi connectivity index (χ3v) is 7.29. The van der Waals surface area contributed by atoms with Crippen molar-refractivity contribution in [3.05, 3.63) is 92.6 Å². The van der Waals surface area contributed by atoms with Gasteiger partial charge in [0.1, 0.15) is 13.2 Å². The summed E-state index contributed by atoms with van der Waals surface area (Å²) in [6, 6.07) is 16.4. The van der Waals surface area contributed by atoms with E-state index in [4.69, 9.17) is 28.9 Å². The molecule has 14 heteroatoms. The number of halogens is 1. The molecule has 0 unspecified atom stereocenters. The van der Waals surface area contributed by atoms with Gasteiger partial charge in [0.25, 0.3) is 0 Å². The molecule has 0 spiro atoms. The number of hydrogen-bond acceptors (Lipinski definition) is 11. The summed E-state index contributed by atoms with van der Waals surface area (Å²) < 4.78 is 28.8.